The van der Waals surface area contributed by atoms with Crippen molar-refractivity contribution in [3.8, 4) is 5.75 Å². The van der Waals surface area contributed by atoms with E-state index in [9.17, 15) is 19.5 Å². The van der Waals surface area contributed by atoms with Gasteiger partial charge in [-0.25, -0.2) is 4.79 Å². The third kappa shape index (κ3) is 8.64. The molecule has 3 aromatic carbocycles. The van der Waals surface area contributed by atoms with E-state index in [-0.39, 0.29) is 30.8 Å². The number of ketones is 1. The summed E-state index contributed by atoms with van der Waals surface area (Å²) in [5.41, 5.74) is 16.5. The van der Waals surface area contributed by atoms with Crippen molar-refractivity contribution in [2.45, 2.75) is 64.8 Å². The Morgan fingerprint density at radius 2 is 1.63 bits per heavy atom. The van der Waals surface area contributed by atoms with Crippen molar-refractivity contribution < 1.29 is 24.2 Å². The zero-order valence-electron chi connectivity index (χ0n) is 27.1. The Bertz CT molecular complexity index is 1460. The molecule has 10 nitrogen and oxygen atoms in total. The van der Waals surface area contributed by atoms with Gasteiger partial charge in [0.15, 0.2) is 12.4 Å². The third-order valence-electron chi connectivity index (χ3n) is 8.55. The topological polar surface area (TPSA) is 160 Å². The number of aryl methyl sites for hydroxylation is 2. The minimum atomic E-state index is -1.20. The first-order chi connectivity index (χ1) is 22.0. The van der Waals surface area contributed by atoms with E-state index in [1.807, 2.05) is 88.4 Å². The van der Waals surface area contributed by atoms with Gasteiger partial charge < -0.3 is 36.8 Å². The van der Waals surface area contributed by atoms with Crippen LogP contribution in [0, 0.1) is 25.7 Å². The van der Waals surface area contributed by atoms with Gasteiger partial charge >= 0.3 is 6.03 Å². The van der Waals surface area contributed by atoms with Crippen LogP contribution in [0.1, 0.15) is 48.6 Å². The maximum atomic E-state index is 14.3. The zero-order valence-corrected chi connectivity index (χ0v) is 27.1. The summed E-state index contributed by atoms with van der Waals surface area (Å²) in [6, 6.07) is 19.7. The van der Waals surface area contributed by atoms with E-state index in [4.69, 9.17) is 16.2 Å². The number of hydrogen-bond acceptors (Lipinski definition) is 7. The van der Waals surface area contributed by atoms with Crippen molar-refractivity contribution in [3.05, 3.63) is 95.1 Å². The molecule has 1 aliphatic heterocycles. The number of nitrogens with two attached hydrogens (primary N) is 2. The SMILES string of the molecule is Cc1cc(N)cc(C)c1OCC(=O)N[C@@H](C(N)c1ccccc1)[C@@H](O)C[C@H](Cc1ccccc1)C(=O)C(C(C)C)N1CCNC1=O. The van der Waals surface area contributed by atoms with Crippen LogP contribution >= 0.6 is 0 Å². The maximum Gasteiger partial charge on any atom is 0.318 e. The number of ether oxygens (including phenoxy) is 1. The molecule has 46 heavy (non-hydrogen) atoms. The van der Waals surface area contributed by atoms with Crippen LogP contribution in [0.4, 0.5) is 10.5 Å². The van der Waals surface area contributed by atoms with Crippen LogP contribution < -0.4 is 26.8 Å². The molecule has 1 saturated heterocycles. The van der Waals surface area contributed by atoms with Crippen molar-refractivity contribution in [3.63, 3.8) is 0 Å². The minimum Gasteiger partial charge on any atom is -0.483 e. The first-order valence-corrected chi connectivity index (χ1v) is 15.9. The molecule has 7 N–H and O–H groups in total. The van der Waals surface area contributed by atoms with Crippen molar-refractivity contribution >= 4 is 23.4 Å². The highest BCUT2D eigenvalue weighted by Gasteiger charge is 2.40. The molecular formula is C36H47N5O5. The molecule has 0 aromatic heterocycles. The summed E-state index contributed by atoms with van der Waals surface area (Å²) in [6.07, 6.45) is -0.818. The van der Waals surface area contributed by atoms with Crippen molar-refractivity contribution in [1.29, 1.82) is 0 Å². The Morgan fingerprint density at radius 1 is 1.02 bits per heavy atom. The molecule has 0 radical (unpaired) electrons. The summed E-state index contributed by atoms with van der Waals surface area (Å²) in [5.74, 6) is -0.840. The number of nitrogen functional groups attached to an aromatic ring is 1. The predicted molar refractivity (Wildman–Crippen MR) is 179 cm³/mol. The van der Waals surface area contributed by atoms with E-state index in [0.29, 0.717) is 30.9 Å². The summed E-state index contributed by atoms with van der Waals surface area (Å²) in [5, 5.41) is 17.5. The van der Waals surface area contributed by atoms with Gasteiger partial charge in [0.2, 0.25) is 0 Å². The molecule has 0 aliphatic carbocycles. The molecule has 246 valence electrons. The molecule has 5 atom stereocenters. The number of nitrogens with one attached hydrogen (secondary N) is 2. The highest BCUT2D eigenvalue weighted by Crippen LogP contribution is 2.28. The van der Waals surface area contributed by atoms with E-state index >= 15 is 0 Å². The number of anilines is 1. The number of nitrogens with zero attached hydrogens (tertiary/aromatic N) is 1. The van der Waals surface area contributed by atoms with Gasteiger partial charge in [-0.3, -0.25) is 9.59 Å². The lowest BCUT2D eigenvalue weighted by molar-refractivity contribution is -0.130. The summed E-state index contributed by atoms with van der Waals surface area (Å²) in [6.45, 7) is 8.15. The normalized spacial score (nSPS) is 16.3. The molecule has 3 amide bonds. The number of Topliss-reactive ketones (excluding diaryl/α,β-unsaturated/α-hetero) is 1. The molecule has 2 unspecified atom stereocenters. The Morgan fingerprint density at radius 3 is 2.20 bits per heavy atom. The Balaban J connectivity index is 1.60. The number of carbonyl (C=O) groups is 3. The van der Waals surface area contributed by atoms with E-state index in [1.54, 1.807) is 17.0 Å². The fraction of sp³-hybridized carbons (Fsp3) is 0.417. The molecule has 4 rings (SSSR count). The van der Waals surface area contributed by atoms with Crippen LogP contribution in [0.15, 0.2) is 72.8 Å². The van der Waals surface area contributed by atoms with Crippen LogP contribution in [-0.4, -0.2) is 65.6 Å². The second-order valence-electron chi connectivity index (χ2n) is 12.5. The second-order valence-corrected chi connectivity index (χ2v) is 12.5. The number of amides is 3. The Hall–Kier alpha value is -4.41. The van der Waals surface area contributed by atoms with E-state index < -0.39 is 36.1 Å². The summed E-state index contributed by atoms with van der Waals surface area (Å²) in [4.78, 5) is 41.9. The smallest absolute Gasteiger partial charge is 0.318 e. The molecular weight excluding hydrogens is 582 g/mol. The molecule has 1 heterocycles. The molecule has 0 spiro atoms. The van der Waals surface area contributed by atoms with Gasteiger partial charge in [0.25, 0.3) is 5.91 Å². The first-order valence-electron chi connectivity index (χ1n) is 15.9. The molecule has 3 aromatic rings. The molecule has 0 saturated carbocycles. The maximum absolute atomic E-state index is 14.3. The summed E-state index contributed by atoms with van der Waals surface area (Å²) in [7, 11) is 0. The number of hydrogen-bond donors (Lipinski definition) is 5. The van der Waals surface area contributed by atoms with Crippen molar-refractivity contribution in [1.82, 2.24) is 15.5 Å². The van der Waals surface area contributed by atoms with Gasteiger partial charge in [-0.2, -0.15) is 0 Å². The van der Waals surface area contributed by atoms with Crippen LogP contribution in [0.5, 0.6) is 5.75 Å². The Labute approximate surface area is 271 Å². The quantitative estimate of drug-likeness (QED) is 0.160. The fourth-order valence-corrected chi connectivity index (χ4v) is 6.36. The molecule has 0 bridgehead atoms. The average molecular weight is 630 g/mol. The van der Waals surface area contributed by atoms with Crippen LogP contribution in [0.3, 0.4) is 0 Å². The number of aliphatic hydroxyl groups is 1. The largest absolute Gasteiger partial charge is 0.483 e. The zero-order chi connectivity index (χ0) is 33.4. The van der Waals surface area contributed by atoms with Gasteiger partial charge in [-0.15, -0.1) is 0 Å². The van der Waals surface area contributed by atoms with Gasteiger partial charge in [-0.1, -0.05) is 74.5 Å². The number of rotatable bonds is 15. The summed E-state index contributed by atoms with van der Waals surface area (Å²) >= 11 is 0. The van der Waals surface area contributed by atoms with Crippen LogP contribution in [-0.2, 0) is 16.0 Å². The monoisotopic (exact) mass is 629 g/mol. The van der Waals surface area contributed by atoms with Gasteiger partial charge in [0, 0.05) is 24.7 Å². The standard InChI is InChI=1S/C36H47N5O5/c1-22(2)33(41-16-15-39-36(41)45)34(44)27(19-25-11-7-5-8-12-25)20-29(42)32(31(38)26-13-9-6-10-14-26)40-30(43)21-46-35-23(3)17-28(37)18-24(35)4/h5-14,17-18,22,27,29,31-33,42H,15-16,19-21,37-38H2,1-4H3,(H,39,45)(H,40,43)/t27-,29-,31?,32+,33?/m0/s1. The number of carbonyl (C=O) groups excluding carboxylic acids is 3. The number of benzene rings is 3. The lowest BCUT2D eigenvalue weighted by Gasteiger charge is -2.35. The van der Waals surface area contributed by atoms with Crippen molar-refractivity contribution in [2.24, 2.45) is 17.6 Å². The van der Waals surface area contributed by atoms with Gasteiger partial charge in [-0.05, 0) is 67.0 Å². The second kappa shape index (κ2) is 15.7. The van der Waals surface area contributed by atoms with Gasteiger partial charge in [0.05, 0.1) is 24.2 Å². The highest BCUT2D eigenvalue weighted by molar-refractivity contribution is 5.91. The number of urea groups is 1. The van der Waals surface area contributed by atoms with E-state index in [2.05, 4.69) is 10.6 Å². The van der Waals surface area contributed by atoms with Gasteiger partial charge in [0.1, 0.15) is 5.75 Å². The molecule has 1 fully saturated rings. The average Bonchev–Trinajstić information content (AvgIpc) is 3.44. The van der Waals surface area contributed by atoms with Crippen molar-refractivity contribution in [2.75, 3.05) is 25.4 Å². The fourth-order valence-electron chi connectivity index (χ4n) is 6.36. The van der Waals surface area contributed by atoms with E-state index in [1.165, 1.54) is 0 Å². The van der Waals surface area contributed by atoms with E-state index in [0.717, 1.165) is 22.3 Å². The Kier molecular flexibility index (Phi) is 11.8. The summed E-state index contributed by atoms with van der Waals surface area (Å²) < 4.78 is 5.89. The molecule has 10 heteroatoms. The molecule has 1 aliphatic rings. The van der Waals surface area contributed by atoms with Crippen LogP contribution in [0.2, 0.25) is 0 Å². The van der Waals surface area contributed by atoms with Crippen LogP contribution in [0.25, 0.3) is 0 Å². The first kappa shape index (κ1) is 34.5. The predicted octanol–water partition coefficient (Wildman–Crippen LogP) is 3.68. The lowest BCUT2D eigenvalue weighted by atomic mass is 9.81. The third-order valence-corrected chi connectivity index (χ3v) is 8.55. The lowest BCUT2D eigenvalue weighted by Crippen LogP contribution is -2.53. The number of aliphatic hydroxyl groups excluding tert-OH is 1. The highest BCUT2D eigenvalue weighted by atomic mass is 16.5. The minimum absolute atomic E-state index is 0.0227.